The van der Waals surface area contributed by atoms with Gasteiger partial charge in [0.05, 0.1) is 6.21 Å². The van der Waals surface area contributed by atoms with Crippen molar-refractivity contribution >= 4 is 29.2 Å². The molecule has 0 aromatic heterocycles. The van der Waals surface area contributed by atoms with Crippen LogP contribution >= 0.6 is 12.2 Å². The number of hydrogen-bond donors (Lipinski definition) is 2. The molecule has 0 unspecified atom stereocenters. The third-order valence-electron chi connectivity index (χ3n) is 4.52. The molecule has 4 nitrogen and oxygen atoms in total. The molecule has 3 aromatic rings. The van der Waals surface area contributed by atoms with Crippen LogP contribution in [0, 0.1) is 0 Å². The number of benzene rings is 3. The van der Waals surface area contributed by atoms with E-state index in [2.05, 4.69) is 60.9 Å². The molecular weight excluding hydrogens is 390 g/mol. The molecule has 0 atom stereocenters. The summed E-state index contributed by atoms with van der Waals surface area (Å²) in [6.07, 6.45) is 1.72. The SMILES string of the molecule is CC(C)(C)c1ccc(COc2ccc(/C=N/NC(=S)Nc3ccccc3)cc2)cc1. The van der Waals surface area contributed by atoms with Gasteiger partial charge in [-0.3, -0.25) is 5.43 Å². The topological polar surface area (TPSA) is 45.6 Å². The maximum Gasteiger partial charge on any atom is 0.191 e. The van der Waals surface area contributed by atoms with Crippen molar-refractivity contribution in [1.29, 1.82) is 0 Å². The average Bonchev–Trinajstić information content (AvgIpc) is 2.73. The van der Waals surface area contributed by atoms with Gasteiger partial charge in [0.15, 0.2) is 5.11 Å². The zero-order chi connectivity index (χ0) is 21.4. The van der Waals surface area contributed by atoms with Crippen molar-refractivity contribution in [2.24, 2.45) is 5.10 Å². The van der Waals surface area contributed by atoms with Gasteiger partial charge in [0, 0.05) is 5.69 Å². The van der Waals surface area contributed by atoms with Crippen molar-refractivity contribution in [2.45, 2.75) is 32.8 Å². The van der Waals surface area contributed by atoms with E-state index >= 15 is 0 Å². The summed E-state index contributed by atoms with van der Waals surface area (Å²) in [7, 11) is 0. The molecule has 2 N–H and O–H groups in total. The Balaban J connectivity index is 1.46. The first-order valence-corrected chi connectivity index (χ1v) is 10.3. The third kappa shape index (κ3) is 6.71. The Hall–Kier alpha value is -3.18. The second kappa shape index (κ2) is 10.0. The highest BCUT2D eigenvalue weighted by molar-refractivity contribution is 7.80. The van der Waals surface area contributed by atoms with Crippen LogP contribution in [0.25, 0.3) is 0 Å². The van der Waals surface area contributed by atoms with Crippen molar-refractivity contribution in [1.82, 2.24) is 5.43 Å². The molecule has 0 aliphatic rings. The summed E-state index contributed by atoms with van der Waals surface area (Å²) in [6.45, 7) is 7.18. The minimum atomic E-state index is 0.160. The zero-order valence-corrected chi connectivity index (χ0v) is 18.4. The smallest absolute Gasteiger partial charge is 0.191 e. The summed E-state index contributed by atoms with van der Waals surface area (Å²) in [5.41, 5.74) is 7.31. The number of rotatable bonds is 6. The molecule has 0 saturated heterocycles. The predicted molar refractivity (Wildman–Crippen MR) is 129 cm³/mol. The Morgan fingerprint density at radius 1 is 0.933 bits per heavy atom. The summed E-state index contributed by atoms with van der Waals surface area (Å²) in [6, 6.07) is 26.1. The van der Waals surface area contributed by atoms with E-state index in [0.717, 1.165) is 22.6 Å². The molecule has 0 heterocycles. The predicted octanol–water partition coefficient (Wildman–Crippen LogP) is 5.88. The van der Waals surface area contributed by atoms with Crippen LogP contribution in [0.2, 0.25) is 0 Å². The fraction of sp³-hybridized carbons (Fsp3) is 0.200. The lowest BCUT2D eigenvalue weighted by Crippen LogP contribution is -2.23. The number of nitrogens with zero attached hydrogens (tertiary/aromatic N) is 1. The first kappa shape index (κ1) is 21.5. The quantitative estimate of drug-likeness (QED) is 0.298. The average molecular weight is 418 g/mol. The normalized spacial score (nSPS) is 11.3. The maximum absolute atomic E-state index is 5.89. The van der Waals surface area contributed by atoms with Gasteiger partial charge in [-0.15, -0.1) is 0 Å². The molecule has 0 fully saturated rings. The molecule has 0 saturated carbocycles. The molecule has 154 valence electrons. The van der Waals surface area contributed by atoms with Crippen LogP contribution in [-0.4, -0.2) is 11.3 Å². The first-order chi connectivity index (χ1) is 14.4. The standard InChI is InChI=1S/C25H27N3OS/c1-25(2,3)21-13-9-20(10-14-21)18-29-23-15-11-19(12-16-23)17-26-28-24(30)27-22-7-5-4-6-8-22/h4-17H,18H2,1-3H3,(H2,27,28,30)/b26-17+. The molecule has 0 spiro atoms. The number of hydrazone groups is 1. The Kier molecular flexibility index (Phi) is 7.20. The Morgan fingerprint density at radius 2 is 1.60 bits per heavy atom. The maximum atomic E-state index is 5.89. The van der Waals surface area contributed by atoms with E-state index in [1.54, 1.807) is 6.21 Å². The molecular formula is C25H27N3OS. The van der Waals surface area contributed by atoms with Crippen molar-refractivity contribution in [3.8, 4) is 5.75 Å². The largest absolute Gasteiger partial charge is 0.489 e. The van der Waals surface area contributed by atoms with Gasteiger partial charge in [0.1, 0.15) is 12.4 Å². The molecule has 0 amide bonds. The van der Waals surface area contributed by atoms with Crippen LogP contribution in [0.1, 0.15) is 37.5 Å². The molecule has 3 rings (SSSR count). The van der Waals surface area contributed by atoms with Crippen LogP contribution < -0.4 is 15.5 Å². The van der Waals surface area contributed by atoms with E-state index in [-0.39, 0.29) is 5.41 Å². The number of ether oxygens (including phenoxy) is 1. The van der Waals surface area contributed by atoms with Crippen molar-refractivity contribution in [3.05, 3.63) is 95.6 Å². The van der Waals surface area contributed by atoms with E-state index in [4.69, 9.17) is 17.0 Å². The Bertz CT molecular complexity index is 976. The summed E-state index contributed by atoms with van der Waals surface area (Å²) in [4.78, 5) is 0. The van der Waals surface area contributed by atoms with Gasteiger partial charge >= 0.3 is 0 Å². The van der Waals surface area contributed by atoms with E-state index in [9.17, 15) is 0 Å². The second-order valence-corrected chi connectivity index (χ2v) is 8.40. The lowest BCUT2D eigenvalue weighted by molar-refractivity contribution is 0.306. The molecule has 5 heteroatoms. The van der Waals surface area contributed by atoms with Gasteiger partial charge in [-0.25, -0.2) is 0 Å². The third-order valence-corrected chi connectivity index (χ3v) is 4.71. The second-order valence-electron chi connectivity index (χ2n) is 7.99. The lowest BCUT2D eigenvalue weighted by atomic mass is 9.87. The van der Waals surface area contributed by atoms with Crippen LogP contribution in [0.5, 0.6) is 5.75 Å². The molecule has 0 aliphatic heterocycles. The van der Waals surface area contributed by atoms with Gasteiger partial charge in [-0.2, -0.15) is 5.10 Å². The minimum Gasteiger partial charge on any atom is -0.489 e. The molecule has 0 radical (unpaired) electrons. The van der Waals surface area contributed by atoms with Crippen LogP contribution in [0.15, 0.2) is 84.0 Å². The highest BCUT2D eigenvalue weighted by atomic mass is 32.1. The van der Waals surface area contributed by atoms with Gasteiger partial charge in [0.25, 0.3) is 0 Å². The number of para-hydroxylation sites is 1. The highest BCUT2D eigenvalue weighted by Gasteiger charge is 2.12. The molecule has 3 aromatic carbocycles. The van der Waals surface area contributed by atoms with Gasteiger partial charge in [0.2, 0.25) is 0 Å². The molecule has 30 heavy (non-hydrogen) atoms. The number of hydrogen-bond acceptors (Lipinski definition) is 3. The van der Waals surface area contributed by atoms with Gasteiger partial charge < -0.3 is 10.1 Å². The summed E-state index contributed by atoms with van der Waals surface area (Å²) < 4.78 is 5.89. The molecule has 0 aliphatic carbocycles. The van der Waals surface area contributed by atoms with Gasteiger partial charge in [-0.1, -0.05) is 63.2 Å². The summed E-state index contributed by atoms with van der Waals surface area (Å²) >= 11 is 5.23. The number of anilines is 1. The van der Waals surface area contributed by atoms with Crippen molar-refractivity contribution in [3.63, 3.8) is 0 Å². The first-order valence-electron chi connectivity index (χ1n) is 9.87. The number of thiocarbonyl (C=S) groups is 1. The lowest BCUT2D eigenvalue weighted by Gasteiger charge is -2.19. The van der Waals surface area contributed by atoms with Crippen LogP contribution in [0.4, 0.5) is 5.69 Å². The van der Waals surface area contributed by atoms with E-state index in [1.165, 1.54) is 5.56 Å². The van der Waals surface area contributed by atoms with E-state index in [0.29, 0.717) is 11.7 Å². The fourth-order valence-electron chi connectivity index (χ4n) is 2.76. The van der Waals surface area contributed by atoms with Crippen molar-refractivity contribution < 1.29 is 4.74 Å². The number of nitrogens with one attached hydrogen (secondary N) is 2. The van der Waals surface area contributed by atoms with Crippen molar-refractivity contribution in [2.75, 3.05) is 5.32 Å². The zero-order valence-electron chi connectivity index (χ0n) is 17.6. The molecule has 0 bridgehead atoms. The van der Waals surface area contributed by atoms with Gasteiger partial charge in [-0.05, 0) is 70.7 Å². The monoisotopic (exact) mass is 417 g/mol. The van der Waals surface area contributed by atoms with Crippen LogP contribution in [-0.2, 0) is 12.0 Å². The highest BCUT2D eigenvalue weighted by Crippen LogP contribution is 2.22. The summed E-state index contributed by atoms with van der Waals surface area (Å²) in [5.74, 6) is 0.821. The minimum absolute atomic E-state index is 0.160. The van der Waals surface area contributed by atoms with E-state index < -0.39 is 0 Å². The van der Waals surface area contributed by atoms with E-state index in [1.807, 2.05) is 54.6 Å². The Labute approximate surface area is 184 Å². The Morgan fingerprint density at radius 3 is 2.23 bits per heavy atom. The van der Waals surface area contributed by atoms with Crippen LogP contribution in [0.3, 0.4) is 0 Å². The fourth-order valence-corrected chi connectivity index (χ4v) is 2.93. The summed E-state index contributed by atoms with van der Waals surface area (Å²) in [5, 5.41) is 7.68.